The molecule has 0 spiro atoms. The summed E-state index contributed by atoms with van der Waals surface area (Å²) in [7, 11) is 0. The Hall–Kier alpha value is -3.02. The first-order chi connectivity index (χ1) is 17.2. The Balaban J connectivity index is 1.46. The number of halogens is 1. The van der Waals surface area contributed by atoms with E-state index in [1.807, 2.05) is 42.5 Å². The summed E-state index contributed by atoms with van der Waals surface area (Å²) in [5, 5.41) is 3.30. The van der Waals surface area contributed by atoms with Gasteiger partial charge in [-0.2, -0.15) is 0 Å². The fourth-order valence-corrected chi connectivity index (χ4v) is 5.16. The molecule has 0 fully saturated rings. The van der Waals surface area contributed by atoms with Crippen LogP contribution in [0.5, 0.6) is 0 Å². The van der Waals surface area contributed by atoms with Gasteiger partial charge in [0.2, 0.25) is 5.91 Å². The van der Waals surface area contributed by atoms with Crippen LogP contribution in [0.15, 0.2) is 96.2 Å². The second-order valence-corrected chi connectivity index (χ2v) is 9.74. The summed E-state index contributed by atoms with van der Waals surface area (Å²) in [4.78, 5) is 17.5. The van der Waals surface area contributed by atoms with Crippen molar-refractivity contribution in [3.8, 4) is 22.5 Å². The molecule has 1 aromatic heterocycles. The Morgan fingerprint density at radius 3 is 2.17 bits per heavy atom. The lowest BCUT2D eigenvalue weighted by Gasteiger charge is -2.12. The molecule has 4 nitrogen and oxygen atoms in total. The fraction of sp³-hybridized carbons (Fsp3) is 0.241. The monoisotopic (exact) mass is 503 g/mol. The number of alkyl halides is 1. The Morgan fingerprint density at radius 1 is 0.943 bits per heavy atom. The molecule has 0 aliphatic rings. The van der Waals surface area contributed by atoms with Gasteiger partial charge in [0.05, 0.1) is 11.4 Å². The smallest absolute Gasteiger partial charge is 0.242 e. The Bertz CT molecular complexity index is 1210. The van der Waals surface area contributed by atoms with Gasteiger partial charge in [0.1, 0.15) is 5.38 Å². The summed E-state index contributed by atoms with van der Waals surface area (Å²) in [6.45, 7) is 3.66. The van der Waals surface area contributed by atoms with E-state index in [0.29, 0.717) is 6.54 Å². The van der Waals surface area contributed by atoms with Gasteiger partial charge in [0.15, 0.2) is 5.16 Å². The van der Waals surface area contributed by atoms with Gasteiger partial charge < -0.3 is 9.88 Å². The molecule has 4 rings (SSSR count). The van der Waals surface area contributed by atoms with Gasteiger partial charge in [-0.1, -0.05) is 110 Å². The quantitative estimate of drug-likeness (QED) is 0.134. The third-order valence-corrected chi connectivity index (χ3v) is 7.16. The molecule has 1 atom stereocenters. The second kappa shape index (κ2) is 12.6. The van der Waals surface area contributed by atoms with Crippen molar-refractivity contribution in [2.75, 3.05) is 12.3 Å². The van der Waals surface area contributed by atoms with Crippen molar-refractivity contribution in [3.63, 3.8) is 0 Å². The molecule has 6 heteroatoms. The summed E-state index contributed by atoms with van der Waals surface area (Å²) >= 11 is 8.06. The number of nitrogens with zero attached hydrogens (tertiary/aromatic N) is 2. The van der Waals surface area contributed by atoms with Crippen molar-refractivity contribution in [2.45, 2.75) is 36.8 Å². The van der Waals surface area contributed by atoms with E-state index in [0.717, 1.165) is 52.8 Å². The first kappa shape index (κ1) is 25.1. The molecule has 4 aromatic rings. The van der Waals surface area contributed by atoms with Crippen molar-refractivity contribution < 1.29 is 4.79 Å². The Kier molecular flexibility index (Phi) is 9.04. The van der Waals surface area contributed by atoms with Gasteiger partial charge in [-0.05, 0) is 18.4 Å². The molecule has 0 radical (unpaired) electrons. The zero-order valence-corrected chi connectivity index (χ0v) is 21.4. The molecule has 0 saturated carbocycles. The summed E-state index contributed by atoms with van der Waals surface area (Å²) in [5.41, 5.74) is 5.26. The van der Waals surface area contributed by atoms with Crippen LogP contribution in [0.3, 0.4) is 0 Å². The standard InChI is InChI=1S/C29H30ClN3OS/c1-2-20-33-27(24-17-10-5-11-18-24)26(23-15-8-4-9-16-23)32-29(33)35-21-12-19-31-28(34)25(30)22-13-6-3-7-14-22/h3-11,13-18,25H,2,12,19-21H2,1H3,(H,31,34). The lowest BCUT2D eigenvalue weighted by atomic mass is 10.0. The lowest BCUT2D eigenvalue weighted by Crippen LogP contribution is -2.28. The predicted molar refractivity (Wildman–Crippen MR) is 147 cm³/mol. The third kappa shape index (κ3) is 6.36. The van der Waals surface area contributed by atoms with Gasteiger partial charge >= 0.3 is 0 Å². The van der Waals surface area contributed by atoms with Crippen LogP contribution in [0.25, 0.3) is 22.5 Å². The number of hydrogen-bond donors (Lipinski definition) is 1. The first-order valence-electron chi connectivity index (χ1n) is 12.0. The third-order valence-electron chi connectivity index (χ3n) is 5.65. The van der Waals surface area contributed by atoms with E-state index in [-0.39, 0.29) is 5.91 Å². The van der Waals surface area contributed by atoms with E-state index in [1.165, 1.54) is 5.56 Å². The summed E-state index contributed by atoms with van der Waals surface area (Å²) in [5.74, 6) is 0.690. The number of thioether (sulfide) groups is 1. The molecule has 1 unspecified atom stereocenters. The van der Waals surface area contributed by atoms with E-state index < -0.39 is 5.38 Å². The van der Waals surface area contributed by atoms with Crippen molar-refractivity contribution in [2.24, 2.45) is 0 Å². The molecule has 1 heterocycles. The molecule has 35 heavy (non-hydrogen) atoms. The molecule has 0 aliphatic carbocycles. The van der Waals surface area contributed by atoms with E-state index >= 15 is 0 Å². The minimum atomic E-state index is -0.672. The number of hydrogen-bond acceptors (Lipinski definition) is 3. The molecule has 0 bridgehead atoms. The SMILES string of the molecule is CCCn1c(SCCCNC(=O)C(Cl)c2ccccc2)nc(-c2ccccc2)c1-c1ccccc1. The van der Waals surface area contributed by atoms with Crippen LogP contribution >= 0.6 is 23.4 Å². The van der Waals surface area contributed by atoms with Crippen LogP contribution in [0.4, 0.5) is 0 Å². The number of amides is 1. The number of aromatic nitrogens is 2. The highest BCUT2D eigenvalue weighted by Gasteiger charge is 2.20. The minimum Gasteiger partial charge on any atom is -0.354 e. The van der Waals surface area contributed by atoms with Crippen LogP contribution in [-0.2, 0) is 11.3 Å². The maximum absolute atomic E-state index is 12.4. The Labute approximate surface area is 216 Å². The molecule has 3 aromatic carbocycles. The summed E-state index contributed by atoms with van der Waals surface area (Å²) in [6.07, 6.45) is 1.85. The van der Waals surface area contributed by atoms with Crippen molar-refractivity contribution in [1.29, 1.82) is 0 Å². The van der Waals surface area contributed by atoms with Crippen LogP contribution in [-0.4, -0.2) is 27.8 Å². The van der Waals surface area contributed by atoms with Crippen LogP contribution in [0.1, 0.15) is 30.7 Å². The summed E-state index contributed by atoms with van der Waals surface area (Å²) in [6, 6.07) is 30.3. The topological polar surface area (TPSA) is 46.9 Å². The number of carbonyl (C=O) groups excluding carboxylic acids is 1. The highest BCUT2D eigenvalue weighted by Crippen LogP contribution is 2.36. The summed E-state index contributed by atoms with van der Waals surface area (Å²) < 4.78 is 2.34. The predicted octanol–water partition coefficient (Wildman–Crippen LogP) is 7.21. The van der Waals surface area contributed by atoms with Gasteiger partial charge in [-0.15, -0.1) is 11.6 Å². The molecular formula is C29H30ClN3OS. The van der Waals surface area contributed by atoms with Gasteiger partial charge in [-0.25, -0.2) is 4.98 Å². The molecule has 1 N–H and O–H groups in total. The number of rotatable bonds is 11. The zero-order valence-electron chi connectivity index (χ0n) is 19.9. The average Bonchev–Trinajstić information content (AvgIpc) is 3.27. The van der Waals surface area contributed by atoms with Crippen molar-refractivity contribution in [1.82, 2.24) is 14.9 Å². The van der Waals surface area contributed by atoms with E-state index in [2.05, 4.69) is 65.3 Å². The number of nitrogens with one attached hydrogen (secondary N) is 1. The molecular weight excluding hydrogens is 474 g/mol. The van der Waals surface area contributed by atoms with E-state index in [9.17, 15) is 4.79 Å². The van der Waals surface area contributed by atoms with Crippen LogP contribution in [0.2, 0.25) is 0 Å². The van der Waals surface area contributed by atoms with E-state index in [1.54, 1.807) is 11.8 Å². The second-order valence-electron chi connectivity index (χ2n) is 8.24. The maximum atomic E-state index is 12.4. The Morgan fingerprint density at radius 2 is 1.54 bits per heavy atom. The van der Waals surface area contributed by atoms with Gasteiger partial charge in [0.25, 0.3) is 0 Å². The first-order valence-corrected chi connectivity index (χ1v) is 13.4. The molecule has 1 amide bonds. The number of imidazole rings is 1. The van der Waals surface area contributed by atoms with Crippen LogP contribution in [0, 0.1) is 0 Å². The zero-order chi connectivity index (χ0) is 24.5. The van der Waals surface area contributed by atoms with Gasteiger partial charge in [0, 0.05) is 30.0 Å². The fourth-order valence-electron chi connectivity index (χ4n) is 3.97. The van der Waals surface area contributed by atoms with Crippen molar-refractivity contribution in [3.05, 3.63) is 96.6 Å². The van der Waals surface area contributed by atoms with Crippen molar-refractivity contribution >= 4 is 29.3 Å². The number of benzene rings is 3. The highest BCUT2D eigenvalue weighted by molar-refractivity contribution is 7.99. The molecule has 180 valence electrons. The minimum absolute atomic E-state index is 0.159. The number of carbonyl (C=O) groups is 1. The van der Waals surface area contributed by atoms with Gasteiger partial charge in [-0.3, -0.25) is 4.79 Å². The normalized spacial score (nSPS) is 11.8. The molecule has 0 aliphatic heterocycles. The lowest BCUT2D eigenvalue weighted by molar-refractivity contribution is -0.120. The van der Waals surface area contributed by atoms with E-state index in [4.69, 9.17) is 16.6 Å². The highest BCUT2D eigenvalue weighted by atomic mass is 35.5. The average molecular weight is 504 g/mol. The molecule has 0 saturated heterocycles. The maximum Gasteiger partial charge on any atom is 0.242 e. The largest absolute Gasteiger partial charge is 0.354 e. The van der Waals surface area contributed by atoms with Crippen LogP contribution < -0.4 is 5.32 Å².